The molecule has 3 aromatic rings. The molecule has 0 unspecified atom stereocenters. The quantitative estimate of drug-likeness (QED) is 0.720. The molecular formula is C21H24N2O. The highest BCUT2D eigenvalue weighted by atomic mass is 16.1. The molecule has 0 amide bonds. The van der Waals surface area contributed by atoms with Gasteiger partial charge in [-0.1, -0.05) is 44.2 Å². The third-order valence-corrected chi connectivity index (χ3v) is 4.15. The van der Waals surface area contributed by atoms with Gasteiger partial charge in [0.15, 0.2) is 5.43 Å². The van der Waals surface area contributed by atoms with Gasteiger partial charge in [0.05, 0.1) is 0 Å². The fourth-order valence-corrected chi connectivity index (χ4v) is 2.95. The number of H-pyrrole nitrogens is 1. The van der Waals surface area contributed by atoms with Crippen molar-refractivity contribution >= 4 is 10.9 Å². The third-order valence-electron chi connectivity index (χ3n) is 4.15. The van der Waals surface area contributed by atoms with Crippen LogP contribution < -0.4 is 10.7 Å². The summed E-state index contributed by atoms with van der Waals surface area (Å²) in [6, 6.07) is 16.3. The largest absolute Gasteiger partial charge is 0.361 e. The molecule has 3 rings (SSSR count). The Morgan fingerprint density at radius 1 is 0.917 bits per heavy atom. The molecule has 3 nitrogen and oxygen atoms in total. The first-order valence-electron chi connectivity index (χ1n) is 8.50. The molecule has 2 aromatic carbocycles. The first-order valence-corrected chi connectivity index (χ1v) is 8.50. The zero-order chi connectivity index (χ0) is 16.9. The molecule has 0 aliphatic carbocycles. The minimum atomic E-state index is 0.0600. The van der Waals surface area contributed by atoms with Crippen molar-refractivity contribution in [1.82, 2.24) is 10.3 Å². The smallest absolute Gasteiger partial charge is 0.189 e. The molecule has 0 saturated carbocycles. The first kappa shape index (κ1) is 16.5. The molecule has 1 heterocycles. The van der Waals surface area contributed by atoms with Gasteiger partial charge in [0.1, 0.15) is 0 Å². The maximum Gasteiger partial charge on any atom is 0.189 e. The van der Waals surface area contributed by atoms with Crippen LogP contribution in [0.1, 0.15) is 30.5 Å². The van der Waals surface area contributed by atoms with Crippen LogP contribution in [-0.2, 0) is 19.5 Å². The zero-order valence-electron chi connectivity index (χ0n) is 14.3. The van der Waals surface area contributed by atoms with Gasteiger partial charge in [-0.25, -0.2) is 0 Å². The van der Waals surface area contributed by atoms with Crippen molar-refractivity contribution in [3.8, 4) is 0 Å². The van der Waals surface area contributed by atoms with Gasteiger partial charge in [-0.3, -0.25) is 4.79 Å². The molecule has 24 heavy (non-hydrogen) atoms. The lowest BCUT2D eigenvalue weighted by Gasteiger charge is -2.08. The topological polar surface area (TPSA) is 44.9 Å². The molecule has 3 heteroatoms. The van der Waals surface area contributed by atoms with E-state index in [9.17, 15) is 4.79 Å². The van der Waals surface area contributed by atoms with E-state index in [1.54, 1.807) is 12.3 Å². The minimum absolute atomic E-state index is 0.0600. The van der Waals surface area contributed by atoms with E-state index >= 15 is 0 Å². The lowest BCUT2D eigenvalue weighted by molar-refractivity contribution is 0.646. The van der Waals surface area contributed by atoms with Crippen molar-refractivity contribution in [2.24, 2.45) is 5.92 Å². The average Bonchev–Trinajstić information content (AvgIpc) is 2.56. The number of fused-ring (bicyclic) bond motifs is 1. The van der Waals surface area contributed by atoms with E-state index in [2.05, 4.69) is 48.4 Å². The molecule has 0 spiro atoms. The van der Waals surface area contributed by atoms with Crippen LogP contribution in [0.15, 0.2) is 59.5 Å². The fourth-order valence-electron chi connectivity index (χ4n) is 2.95. The van der Waals surface area contributed by atoms with Crippen LogP contribution in [0.4, 0.5) is 0 Å². The highest BCUT2D eigenvalue weighted by Crippen LogP contribution is 2.12. The second-order valence-electron chi connectivity index (χ2n) is 6.74. The summed E-state index contributed by atoms with van der Waals surface area (Å²) in [4.78, 5) is 14.9. The monoisotopic (exact) mass is 320 g/mol. The molecule has 0 aliphatic rings. The predicted molar refractivity (Wildman–Crippen MR) is 100 cm³/mol. The van der Waals surface area contributed by atoms with Crippen molar-refractivity contribution in [3.05, 3.63) is 81.6 Å². The van der Waals surface area contributed by atoms with Crippen LogP contribution in [0.2, 0.25) is 0 Å². The number of aromatic nitrogens is 1. The van der Waals surface area contributed by atoms with Gasteiger partial charge in [0.25, 0.3) is 0 Å². The molecule has 2 N–H and O–H groups in total. The van der Waals surface area contributed by atoms with E-state index in [0.717, 1.165) is 30.4 Å². The number of hydrogen-bond acceptors (Lipinski definition) is 2. The highest BCUT2D eigenvalue weighted by Gasteiger charge is 2.01. The standard InChI is InChI=1S/C21H24N2O/c1-15(2)11-16-3-5-17(6-4-16)13-22-14-18-7-8-19-20(12-18)23-10-9-21(19)24/h3-10,12,15,22H,11,13-14H2,1-2H3,(H,23,24). The van der Waals surface area contributed by atoms with E-state index in [1.807, 2.05) is 18.2 Å². The van der Waals surface area contributed by atoms with Gasteiger partial charge in [-0.2, -0.15) is 0 Å². The van der Waals surface area contributed by atoms with Crippen molar-refractivity contribution in [1.29, 1.82) is 0 Å². The van der Waals surface area contributed by atoms with Gasteiger partial charge in [0.2, 0.25) is 0 Å². The number of aromatic amines is 1. The third kappa shape index (κ3) is 4.12. The molecule has 0 radical (unpaired) electrons. The SMILES string of the molecule is CC(C)Cc1ccc(CNCc2ccc3c(=O)cc[nH]c3c2)cc1. The Morgan fingerprint density at radius 2 is 1.58 bits per heavy atom. The van der Waals surface area contributed by atoms with Crippen LogP contribution in [0.25, 0.3) is 10.9 Å². The highest BCUT2D eigenvalue weighted by molar-refractivity contribution is 5.78. The van der Waals surface area contributed by atoms with Gasteiger partial charge in [-0.05, 0) is 41.2 Å². The maximum atomic E-state index is 11.7. The molecule has 0 saturated heterocycles. The number of hydrogen-bond donors (Lipinski definition) is 2. The van der Waals surface area contributed by atoms with Gasteiger partial charge >= 0.3 is 0 Å². The minimum Gasteiger partial charge on any atom is -0.361 e. The van der Waals surface area contributed by atoms with Crippen molar-refractivity contribution in [2.45, 2.75) is 33.4 Å². The van der Waals surface area contributed by atoms with Gasteiger partial charge < -0.3 is 10.3 Å². The van der Waals surface area contributed by atoms with Crippen molar-refractivity contribution in [3.63, 3.8) is 0 Å². The van der Waals surface area contributed by atoms with E-state index in [1.165, 1.54) is 16.7 Å². The lowest BCUT2D eigenvalue weighted by Crippen LogP contribution is -2.13. The molecule has 1 aromatic heterocycles. The van der Waals surface area contributed by atoms with Gasteiger partial charge in [-0.15, -0.1) is 0 Å². The van der Waals surface area contributed by atoms with Gasteiger partial charge in [0, 0.05) is 36.3 Å². The second kappa shape index (κ2) is 7.45. The Kier molecular flexibility index (Phi) is 5.11. The molecule has 124 valence electrons. The molecular weight excluding hydrogens is 296 g/mol. The second-order valence-corrected chi connectivity index (χ2v) is 6.74. The normalized spacial score (nSPS) is 11.3. The Morgan fingerprint density at radius 3 is 2.33 bits per heavy atom. The van der Waals surface area contributed by atoms with E-state index in [-0.39, 0.29) is 5.43 Å². The average molecular weight is 320 g/mol. The Hall–Kier alpha value is -2.39. The number of nitrogens with one attached hydrogen (secondary N) is 2. The summed E-state index contributed by atoms with van der Waals surface area (Å²) in [6.45, 7) is 6.10. The van der Waals surface area contributed by atoms with Crippen LogP contribution in [-0.4, -0.2) is 4.98 Å². The molecule has 0 atom stereocenters. The summed E-state index contributed by atoms with van der Waals surface area (Å²) in [6.07, 6.45) is 2.82. The Balaban J connectivity index is 1.59. The molecule has 0 fully saturated rings. The predicted octanol–water partition coefficient (Wildman–Crippen LogP) is 4.02. The lowest BCUT2D eigenvalue weighted by atomic mass is 10.0. The van der Waals surface area contributed by atoms with Crippen LogP contribution in [0, 0.1) is 5.92 Å². The summed E-state index contributed by atoms with van der Waals surface area (Å²) in [5.41, 5.74) is 4.80. The van der Waals surface area contributed by atoms with E-state index < -0.39 is 0 Å². The summed E-state index contributed by atoms with van der Waals surface area (Å²) in [5.74, 6) is 0.688. The fraction of sp³-hybridized carbons (Fsp3) is 0.286. The van der Waals surface area contributed by atoms with Crippen LogP contribution in [0.3, 0.4) is 0 Å². The first-order chi connectivity index (χ1) is 11.6. The summed E-state index contributed by atoms with van der Waals surface area (Å²) in [7, 11) is 0. The summed E-state index contributed by atoms with van der Waals surface area (Å²) >= 11 is 0. The summed E-state index contributed by atoms with van der Waals surface area (Å²) < 4.78 is 0. The van der Waals surface area contributed by atoms with Crippen LogP contribution >= 0.6 is 0 Å². The maximum absolute atomic E-state index is 11.7. The summed E-state index contributed by atoms with van der Waals surface area (Å²) in [5, 5.41) is 4.20. The Labute approximate surface area is 142 Å². The number of pyridine rings is 1. The molecule has 0 aliphatic heterocycles. The van der Waals surface area contributed by atoms with Crippen molar-refractivity contribution < 1.29 is 0 Å². The van der Waals surface area contributed by atoms with Crippen molar-refractivity contribution in [2.75, 3.05) is 0 Å². The number of rotatable bonds is 6. The molecule has 0 bridgehead atoms. The van der Waals surface area contributed by atoms with E-state index in [4.69, 9.17) is 0 Å². The zero-order valence-corrected chi connectivity index (χ0v) is 14.3. The van der Waals surface area contributed by atoms with E-state index in [0.29, 0.717) is 5.92 Å². The van der Waals surface area contributed by atoms with Crippen LogP contribution in [0.5, 0.6) is 0 Å². The Bertz CT molecular complexity index is 863. The number of benzene rings is 2.